The Morgan fingerprint density at radius 2 is 1.50 bits per heavy atom. The highest BCUT2D eigenvalue weighted by molar-refractivity contribution is 5.85. The van der Waals surface area contributed by atoms with Gasteiger partial charge in [-0.3, -0.25) is 0 Å². The van der Waals surface area contributed by atoms with E-state index in [0.717, 1.165) is 39.5 Å². The summed E-state index contributed by atoms with van der Waals surface area (Å²) in [5.41, 5.74) is -4.17. The van der Waals surface area contributed by atoms with Crippen molar-refractivity contribution in [1.82, 2.24) is 39.8 Å². The number of tetrazole rings is 1. The zero-order valence-electron chi connectivity index (χ0n) is 24.9. The van der Waals surface area contributed by atoms with Crippen molar-refractivity contribution in [2.45, 2.75) is 45.0 Å². The molecule has 3 heterocycles. The largest absolute Gasteiger partial charge is 0.463 e. The molecule has 0 saturated heterocycles. The number of nitrogens with zero attached hydrogens (tertiary/aromatic N) is 9. The van der Waals surface area contributed by atoms with Crippen molar-refractivity contribution < 1.29 is 49.0 Å². The molecular formula is C28H22F9N9O2. The van der Waals surface area contributed by atoms with Gasteiger partial charge in [0.25, 0.3) is 17.6 Å². The second kappa shape index (κ2) is 12.4. The molecule has 5 aromatic rings. The van der Waals surface area contributed by atoms with E-state index < -0.39 is 65.7 Å². The summed E-state index contributed by atoms with van der Waals surface area (Å²) in [6.07, 6.45) is -13.5. The minimum absolute atomic E-state index is 0.0407. The summed E-state index contributed by atoms with van der Waals surface area (Å²) in [4.78, 5) is 22.4. The van der Waals surface area contributed by atoms with Crippen LogP contribution >= 0.6 is 0 Å². The van der Waals surface area contributed by atoms with Crippen LogP contribution in [0.25, 0.3) is 17.0 Å². The molecule has 0 aliphatic rings. The first-order valence-corrected chi connectivity index (χ1v) is 13.7. The van der Waals surface area contributed by atoms with E-state index in [2.05, 4.69) is 35.2 Å². The Balaban J connectivity index is 1.71. The molecule has 0 aliphatic heterocycles. The number of ether oxygens (including phenoxy) is 1. The van der Waals surface area contributed by atoms with E-state index in [1.807, 2.05) is 0 Å². The zero-order chi connectivity index (χ0) is 35.2. The number of anilines is 1. The fourth-order valence-corrected chi connectivity index (χ4v) is 4.86. The van der Waals surface area contributed by atoms with Crippen LogP contribution in [0.5, 0.6) is 0 Å². The van der Waals surface area contributed by atoms with E-state index in [1.165, 1.54) is 13.2 Å². The van der Waals surface area contributed by atoms with Crippen molar-refractivity contribution in [3.63, 3.8) is 0 Å². The minimum Gasteiger partial charge on any atom is -0.463 e. The fourth-order valence-electron chi connectivity index (χ4n) is 4.86. The summed E-state index contributed by atoms with van der Waals surface area (Å²) in [5.74, 6) is -1.74. The van der Waals surface area contributed by atoms with E-state index in [9.17, 15) is 44.3 Å². The summed E-state index contributed by atoms with van der Waals surface area (Å²) in [6.45, 7) is 0.431. The van der Waals surface area contributed by atoms with Gasteiger partial charge in [-0.2, -0.15) is 53.8 Å². The minimum atomic E-state index is -5.15. The molecule has 0 fully saturated rings. The van der Waals surface area contributed by atoms with Gasteiger partial charge in [0.2, 0.25) is 0 Å². The lowest BCUT2D eigenvalue weighted by Crippen LogP contribution is -2.25. The smallest absolute Gasteiger partial charge is 0.416 e. The van der Waals surface area contributed by atoms with E-state index in [4.69, 9.17) is 0 Å². The number of esters is 1. The molecule has 0 bridgehead atoms. The molecule has 5 rings (SSSR count). The lowest BCUT2D eigenvalue weighted by atomic mass is 9.96. The summed E-state index contributed by atoms with van der Waals surface area (Å²) >= 11 is 0. The van der Waals surface area contributed by atoms with E-state index in [1.54, 1.807) is 6.92 Å². The number of aromatic nitrogens is 8. The Labute approximate surface area is 264 Å². The van der Waals surface area contributed by atoms with Crippen LogP contribution in [0, 0.1) is 0 Å². The number of benzene rings is 2. The van der Waals surface area contributed by atoms with Crippen LogP contribution in [0.4, 0.5) is 45.5 Å². The first kappa shape index (κ1) is 34.0. The average molecular weight is 688 g/mol. The number of hydrogen-bond acceptors (Lipinski definition) is 9. The summed E-state index contributed by atoms with van der Waals surface area (Å²) in [6, 6.07) is 3.64. The molecule has 0 atom stereocenters. The predicted molar refractivity (Wildman–Crippen MR) is 147 cm³/mol. The van der Waals surface area contributed by atoms with Gasteiger partial charge in [-0.05, 0) is 58.7 Å². The Kier molecular flexibility index (Phi) is 8.78. The Morgan fingerprint density at radius 1 is 0.854 bits per heavy atom. The van der Waals surface area contributed by atoms with Crippen molar-refractivity contribution >= 4 is 17.7 Å². The van der Waals surface area contributed by atoms with Crippen LogP contribution < -0.4 is 4.90 Å². The molecule has 0 spiro atoms. The van der Waals surface area contributed by atoms with Gasteiger partial charge < -0.3 is 9.64 Å². The standard InChI is InChI=1S/C28H22F9N9O2/c1-4-15-11-38-24-39-22(23(47)48-3)41-46(24)21(15)20-6-5-17(26(29,30)31)9-16(20)13-45(25-40-43-44(2)42-25)12-14-7-18(27(32,33)34)10-19(8-14)28(35,36)37/h5-11H,4,12-13H2,1-3H3. The van der Waals surface area contributed by atoms with E-state index >= 15 is 0 Å². The molecule has 48 heavy (non-hydrogen) atoms. The number of fused-ring (bicyclic) bond motifs is 1. The van der Waals surface area contributed by atoms with Crippen molar-refractivity contribution in [2.24, 2.45) is 7.05 Å². The molecule has 0 aliphatic carbocycles. The van der Waals surface area contributed by atoms with Gasteiger partial charge in [0.05, 0.1) is 36.5 Å². The lowest BCUT2D eigenvalue weighted by Gasteiger charge is -2.25. The van der Waals surface area contributed by atoms with Gasteiger partial charge in [0.1, 0.15) is 0 Å². The predicted octanol–water partition coefficient (Wildman–Crippen LogP) is 5.93. The van der Waals surface area contributed by atoms with Crippen LogP contribution in [0.15, 0.2) is 42.6 Å². The Morgan fingerprint density at radius 3 is 2.04 bits per heavy atom. The number of hydrogen-bond donors (Lipinski definition) is 0. The number of halogens is 9. The summed E-state index contributed by atoms with van der Waals surface area (Å²) in [5, 5.41) is 15.6. The van der Waals surface area contributed by atoms with Crippen molar-refractivity contribution in [3.8, 4) is 11.3 Å². The number of alkyl halides is 9. The normalized spacial score (nSPS) is 12.5. The first-order valence-electron chi connectivity index (χ1n) is 13.7. The number of carbonyl (C=O) groups excluding carboxylic acids is 1. The Bertz CT molecular complexity index is 1950. The van der Waals surface area contributed by atoms with Gasteiger partial charge in [-0.15, -0.1) is 10.2 Å². The molecule has 0 amide bonds. The molecule has 3 aromatic heterocycles. The summed E-state index contributed by atoms with van der Waals surface area (Å²) in [7, 11) is 2.42. The first-order chi connectivity index (χ1) is 22.4. The molecule has 11 nitrogen and oxygen atoms in total. The zero-order valence-corrected chi connectivity index (χ0v) is 24.9. The van der Waals surface area contributed by atoms with Crippen LogP contribution in [-0.2, 0) is 49.8 Å². The SMILES string of the molecule is CCc1cnc2nc(C(=O)OC)nn2c1-c1ccc(C(F)(F)F)cc1CN(Cc1cc(C(F)(F)F)cc(C(F)(F)F)c1)c1nnn(C)n1. The maximum absolute atomic E-state index is 14.0. The second-order valence-electron chi connectivity index (χ2n) is 10.3. The summed E-state index contributed by atoms with van der Waals surface area (Å²) < 4.78 is 130. The van der Waals surface area contributed by atoms with Crippen molar-refractivity contribution in [2.75, 3.05) is 12.0 Å². The third kappa shape index (κ3) is 7.00. The third-order valence-electron chi connectivity index (χ3n) is 7.04. The van der Waals surface area contributed by atoms with Gasteiger partial charge in [0, 0.05) is 24.8 Å². The van der Waals surface area contributed by atoms with Gasteiger partial charge in [-0.25, -0.2) is 9.78 Å². The van der Waals surface area contributed by atoms with Crippen molar-refractivity contribution in [1.29, 1.82) is 0 Å². The lowest BCUT2D eigenvalue weighted by molar-refractivity contribution is -0.143. The van der Waals surface area contributed by atoms with E-state index in [-0.39, 0.29) is 41.0 Å². The molecule has 2 aromatic carbocycles. The highest BCUT2D eigenvalue weighted by Crippen LogP contribution is 2.38. The molecule has 0 N–H and O–H groups in total. The molecular weight excluding hydrogens is 665 g/mol. The molecule has 20 heteroatoms. The number of rotatable bonds is 8. The number of methoxy groups -OCH3 is 1. The van der Waals surface area contributed by atoms with Crippen LogP contribution in [0.1, 0.15) is 50.9 Å². The number of aryl methyl sites for hydroxylation is 2. The molecule has 254 valence electrons. The van der Waals surface area contributed by atoms with Gasteiger partial charge in [-0.1, -0.05) is 18.1 Å². The maximum Gasteiger partial charge on any atom is 0.416 e. The van der Waals surface area contributed by atoms with Crippen LogP contribution in [0.3, 0.4) is 0 Å². The monoisotopic (exact) mass is 687 g/mol. The second-order valence-corrected chi connectivity index (χ2v) is 10.3. The van der Waals surface area contributed by atoms with Crippen LogP contribution in [-0.4, -0.2) is 52.9 Å². The van der Waals surface area contributed by atoms with Crippen molar-refractivity contribution in [3.05, 3.63) is 81.8 Å². The van der Waals surface area contributed by atoms with Gasteiger partial charge in [0.15, 0.2) is 0 Å². The molecule has 0 unspecified atom stereocenters. The van der Waals surface area contributed by atoms with E-state index in [0.29, 0.717) is 17.7 Å². The number of carbonyl (C=O) groups is 1. The van der Waals surface area contributed by atoms with Crippen LogP contribution in [0.2, 0.25) is 0 Å². The quantitative estimate of drug-likeness (QED) is 0.145. The molecule has 0 saturated carbocycles. The van der Waals surface area contributed by atoms with Gasteiger partial charge >= 0.3 is 24.5 Å². The average Bonchev–Trinajstić information content (AvgIpc) is 3.65. The molecule has 0 radical (unpaired) electrons. The fraction of sp³-hybridized carbons (Fsp3) is 0.321. The Hall–Kier alpha value is -5.30. The highest BCUT2D eigenvalue weighted by atomic mass is 19.4. The topological polar surface area (TPSA) is 116 Å². The third-order valence-corrected chi connectivity index (χ3v) is 7.04. The highest BCUT2D eigenvalue weighted by Gasteiger charge is 2.37. The maximum atomic E-state index is 14.0.